The molecule has 2 rings (SSSR count). The highest BCUT2D eigenvalue weighted by Gasteiger charge is 2.14. The zero-order valence-corrected chi connectivity index (χ0v) is 12.4. The largest absolute Gasteiger partial charge is 0.492 e. The molecule has 0 aliphatic carbocycles. The van der Waals surface area contributed by atoms with Crippen LogP contribution in [0.3, 0.4) is 0 Å². The Kier molecular flexibility index (Phi) is 5.83. The quantitative estimate of drug-likeness (QED) is 0.370. The molecule has 21 heavy (non-hydrogen) atoms. The average Bonchev–Trinajstić information content (AvgIpc) is 2.71. The van der Waals surface area contributed by atoms with Crippen molar-refractivity contribution in [2.45, 2.75) is 19.4 Å². The number of rotatable bonds is 5. The second-order valence-electron chi connectivity index (χ2n) is 5.19. The van der Waals surface area contributed by atoms with Gasteiger partial charge in [0, 0.05) is 31.8 Å². The van der Waals surface area contributed by atoms with E-state index in [1.54, 1.807) is 12.1 Å². The molecular weight excluding hydrogens is 270 g/mol. The van der Waals surface area contributed by atoms with Crippen LogP contribution in [0.4, 0.5) is 0 Å². The lowest BCUT2D eigenvalue weighted by atomic mass is 10.2. The summed E-state index contributed by atoms with van der Waals surface area (Å²) < 4.78 is 11.3. The van der Waals surface area contributed by atoms with Crippen molar-refractivity contribution in [1.29, 1.82) is 0 Å². The van der Waals surface area contributed by atoms with Crippen LogP contribution in [0.2, 0.25) is 0 Å². The maximum absolute atomic E-state index is 8.60. The number of nitrogens with two attached hydrogens (primary N) is 1. The smallest absolute Gasteiger partial charge is 0.170 e. The lowest BCUT2D eigenvalue weighted by Gasteiger charge is -2.21. The van der Waals surface area contributed by atoms with Crippen LogP contribution < -0.4 is 10.5 Å². The molecule has 6 heteroatoms. The van der Waals surface area contributed by atoms with Gasteiger partial charge in [0.1, 0.15) is 12.4 Å². The lowest BCUT2D eigenvalue weighted by Crippen LogP contribution is -2.33. The van der Waals surface area contributed by atoms with Crippen LogP contribution in [0.25, 0.3) is 0 Å². The van der Waals surface area contributed by atoms with Gasteiger partial charge in [-0.25, -0.2) is 0 Å². The maximum atomic E-state index is 8.60. The summed E-state index contributed by atoms with van der Waals surface area (Å²) in [4.78, 5) is 2.36. The van der Waals surface area contributed by atoms with Crippen LogP contribution in [0.1, 0.15) is 18.9 Å². The fourth-order valence-corrected chi connectivity index (χ4v) is 2.36. The Morgan fingerprint density at radius 1 is 1.48 bits per heavy atom. The van der Waals surface area contributed by atoms with E-state index in [1.165, 1.54) is 0 Å². The lowest BCUT2D eigenvalue weighted by molar-refractivity contribution is 0.0658. The van der Waals surface area contributed by atoms with Crippen LogP contribution in [0.15, 0.2) is 29.4 Å². The summed E-state index contributed by atoms with van der Waals surface area (Å²) in [6.07, 6.45) is 1.35. The maximum Gasteiger partial charge on any atom is 0.170 e. The van der Waals surface area contributed by atoms with Crippen molar-refractivity contribution in [1.82, 2.24) is 4.90 Å². The molecule has 0 spiro atoms. The molecule has 0 bridgehead atoms. The van der Waals surface area contributed by atoms with Crippen molar-refractivity contribution < 1.29 is 14.7 Å². The predicted octanol–water partition coefficient (Wildman–Crippen LogP) is 1.27. The molecule has 6 nitrogen and oxygen atoms in total. The highest BCUT2D eigenvalue weighted by atomic mass is 16.5. The summed E-state index contributed by atoms with van der Waals surface area (Å²) in [6, 6.07) is 7.18. The Balaban J connectivity index is 1.77. The van der Waals surface area contributed by atoms with Crippen LogP contribution in [0, 0.1) is 0 Å². The van der Waals surface area contributed by atoms with E-state index in [4.69, 9.17) is 20.4 Å². The minimum Gasteiger partial charge on any atom is -0.492 e. The van der Waals surface area contributed by atoms with Gasteiger partial charge < -0.3 is 20.4 Å². The van der Waals surface area contributed by atoms with Gasteiger partial charge in [0.05, 0.1) is 6.10 Å². The van der Waals surface area contributed by atoms with Crippen LogP contribution in [0.5, 0.6) is 5.75 Å². The third-order valence-corrected chi connectivity index (χ3v) is 3.47. The van der Waals surface area contributed by atoms with Gasteiger partial charge >= 0.3 is 0 Å². The first-order chi connectivity index (χ1) is 10.2. The summed E-state index contributed by atoms with van der Waals surface area (Å²) in [7, 11) is 0. The minimum absolute atomic E-state index is 0.0973. The molecule has 0 radical (unpaired) electrons. The molecule has 1 unspecified atom stereocenters. The minimum atomic E-state index is 0.0973. The Bertz CT molecular complexity index is 462. The van der Waals surface area contributed by atoms with Gasteiger partial charge in [-0.1, -0.05) is 5.16 Å². The molecule has 116 valence electrons. The van der Waals surface area contributed by atoms with Gasteiger partial charge in [0.25, 0.3) is 0 Å². The number of nitrogens with zero attached hydrogens (tertiary/aromatic N) is 2. The summed E-state index contributed by atoms with van der Waals surface area (Å²) in [5, 5.41) is 11.6. The Morgan fingerprint density at radius 2 is 2.24 bits per heavy atom. The zero-order chi connectivity index (χ0) is 15.1. The Morgan fingerprint density at radius 3 is 2.95 bits per heavy atom. The number of ether oxygens (including phenoxy) is 2. The molecule has 1 aromatic rings. The van der Waals surface area contributed by atoms with Crippen molar-refractivity contribution in [3.8, 4) is 5.75 Å². The molecule has 1 aromatic carbocycles. The monoisotopic (exact) mass is 293 g/mol. The topological polar surface area (TPSA) is 80.3 Å². The van der Waals surface area contributed by atoms with Crippen molar-refractivity contribution in [3.05, 3.63) is 29.8 Å². The molecule has 1 aliphatic heterocycles. The predicted molar refractivity (Wildman–Crippen MR) is 80.9 cm³/mol. The van der Waals surface area contributed by atoms with E-state index < -0.39 is 0 Å². The van der Waals surface area contributed by atoms with Crippen molar-refractivity contribution in [2.75, 3.05) is 32.8 Å². The summed E-state index contributed by atoms with van der Waals surface area (Å²) in [6.45, 7) is 6.46. The molecule has 1 saturated heterocycles. The normalized spacial score (nSPS) is 21.0. The Labute approximate surface area is 125 Å². The second-order valence-corrected chi connectivity index (χ2v) is 5.19. The average molecular weight is 293 g/mol. The highest BCUT2D eigenvalue weighted by Crippen LogP contribution is 2.12. The number of oxime groups is 1. The third-order valence-electron chi connectivity index (χ3n) is 3.47. The van der Waals surface area contributed by atoms with Crippen molar-refractivity contribution >= 4 is 5.84 Å². The molecule has 1 aliphatic rings. The van der Waals surface area contributed by atoms with Crippen LogP contribution >= 0.6 is 0 Å². The van der Waals surface area contributed by atoms with Gasteiger partial charge in [0.15, 0.2) is 5.84 Å². The number of hydrogen-bond donors (Lipinski definition) is 2. The fourth-order valence-electron chi connectivity index (χ4n) is 2.36. The number of amidine groups is 1. The fraction of sp³-hybridized carbons (Fsp3) is 0.533. The van der Waals surface area contributed by atoms with Gasteiger partial charge in [0.2, 0.25) is 0 Å². The molecule has 0 saturated carbocycles. The van der Waals surface area contributed by atoms with E-state index in [2.05, 4.69) is 17.0 Å². The first-order valence-corrected chi connectivity index (χ1v) is 7.24. The highest BCUT2D eigenvalue weighted by molar-refractivity contribution is 5.97. The first-order valence-electron chi connectivity index (χ1n) is 7.24. The van der Waals surface area contributed by atoms with E-state index in [0.29, 0.717) is 12.2 Å². The van der Waals surface area contributed by atoms with Gasteiger partial charge in [-0.05, 0) is 37.6 Å². The second kappa shape index (κ2) is 7.85. The first kappa shape index (κ1) is 15.6. The molecule has 3 N–H and O–H groups in total. The van der Waals surface area contributed by atoms with E-state index in [1.807, 2.05) is 12.1 Å². The van der Waals surface area contributed by atoms with Crippen molar-refractivity contribution in [3.63, 3.8) is 0 Å². The molecule has 0 aromatic heterocycles. The molecular formula is C15H23N3O3. The summed E-state index contributed by atoms with van der Waals surface area (Å²) in [5.74, 6) is 0.878. The molecule has 1 atom stereocenters. The SMILES string of the molecule is CC1CN(CCOc2ccc(C(N)=NO)cc2)CCCO1. The van der Waals surface area contributed by atoms with Gasteiger partial charge in [-0.3, -0.25) is 4.90 Å². The molecule has 0 amide bonds. The third kappa shape index (κ3) is 4.91. The van der Waals surface area contributed by atoms with Gasteiger partial charge in [-0.2, -0.15) is 0 Å². The van der Waals surface area contributed by atoms with Crippen LogP contribution in [-0.4, -0.2) is 54.9 Å². The molecule has 1 heterocycles. The Hall–Kier alpha value is -1.79. The number of benzene rings is 1. The molecule has 1 fully saturated rings. The van der Waals surface area contributed by atoms with Crippen molar-refractivity contribution in [2.24, 2.45) is 10.9 Å². The van der Waals surface area contributed by atoms with E-state index in [-0.39, 0.29) is 11.9 Å². The van der Waals surface area contributed by atoms with Crippen LogP contribution in [-0.2, 0) is 4.74 Å². The summed E-state index contributed by atoms with van der Waals surface area (Å²) in [5.41, 5.74) is 6.18. The van der Waals surface area contributed by atoms with Gasteiger partial charge in [-0.15, -0.1) is 0 Å². The van der Waals surface area contributed by atoms with E-state index >= 15 is 0 Å². The standard InChI is InChI=1S/C15H23N3O3/c1-12-11-18(7-2-9-20-12)8-10-21-14-5-3-13(4-6-14)15(16)17-19/h3-6,12,19H,2,7-11H2,1H3,(H2,16,17). The van der Waals surface area contributed by atoms with E-state index in [9.17, 15) is 0 Å². The number of hydrogen-bond acceptors (Lipinski definition) is 5. The van der Waals surface area contributed by atoms with E-state index in [0.717, 1.165) is 38.4 Å². The summed E-state index contributed by atoms with van der Waals surface area (Å²) >= 11 is 0. The zero-order valence-electron chi connectivity index (χ0n) is 12.4.